The van der Waals surface area contributed by atoms with Crippen molar-refractivity contribution in [1.29, 1.82) is 0 Å². The highest BCUT2D eigenvalue weighted by molar-refractivity contribution is 5.18. The summed E-state index contributed by atoms with van der Waals surface area (Å²) in [5, 5.41) is 0. The molecular weight excluding hydrogens is 208 g/mol. The van der Waals surface area contributed by atoms with Crippen molar-refractivity contribution in [2.75, 3.05) is 0 Å². The Balaban J connectivity index is 2.15. The van der Waals surface area contributed by atoms with Crippen LogP contribution in [0.25, 0.3) is 0 Å². The van der Waals surface area contributed by atoms with E-state index in [9.17, 15) is 0 Å². The Morgan fingerprint density at radius 1 is 1.41 bits per heavy atom. The summed E-state index contributed by atoms with van der Waals surface area (Å²) >= 11 is 0. The molecule has 0 amide bonds. The van der Waals surface area contributed by atoms with Crippen molar-refractivity contribution in [1.82, 2.24) is 4.98 Å². The minimum atomic E-state index is 0.125. The van der Waals surface area contributed by atoms with Gasteiger partial charge in [-0.25, -0.2) is 0 Å². The highest BCUT2D eigenvalue weighted by atomic mass is 14.8. The molecule has 3 unspecified atom stereocenters. The van der Waals surface area contributed by atoms with Crippen LogP contribution in [0, 0.1) is 18.8 Å². The van der Waals surface area contributed by atoms with Crippen molar-refractivity contribution < 1.29 is 0 Å². The number of pyridine rings is 1. The third-order valence-corrected chi connectivity index (χ3v) is 4.23. The SMILES string of the molecule is CCC1CCCCC1C(N)c1cc(C)ccn1. The molecule has 94 valence electrons. The Morgan fingerprint density at radius 3 is 2.88 bits per heavy atom. The summed E-state index contributed by atoms with van der Waals surface area (Å²) in [6.07, 6.45) is 8.47. The van der Waals surface area contributed by atoms with Gasteiger partial charge in [0.1, 0.15) is 0 Å². The largest absolute Gasteiger partial charge is 0.322 e. The molecule has 3 atom stereocenters. The van der Waals surface area contributed by atoms with E-state index in [2.05, 4.69) is 24.9 Å². The molecule has 1 heterocycles. The summed E-state index contributed by atoms with van der Waals surface area (Å²) in [5.74, 6) is 1.42. The molecule has 2 rings (SSSR count). The van der Waals surface area contributed by atoms with Gasteiger partial charge in [0.05, 0.1) is 11.7 Å². The van der Waals surface area contributed by atoms with Gasteiger partial charge >= 0.3 is 0 Å². The first kappa shape index (κ1) is 12.6. The van der Waals surface area contributed by atoms with Gasteiger partial charge in [-0.2, -0.15) is 0 Å². The fourth-order valence-electron chi connectivity index (χ4n) is 3.18. The van der Waals surface area contributed by atoms with E-state index in [1.807, 2.05) is 12.3 Å². The van der Waals surface area contributed by atoms with Gasteiger partial charge in [0.15, 0.2) is 0 Å². The average Bonchev–Trinajstić information content (AvgIpc) is 2.38. The first-order valence-corrected chi connectivity index (χ1v) is 6.90. The monoisotopic (exact) mass is 232 g/mol. The molecule has 1 aliphatic carbocycles. The van der Waals surface area contributed by atoms with Crippen LogP contribution < -0.4 is 5.73 Å². The van der Waals surface area contributed by atoms with E-state index < -0.39 is 0 Å². The van der Waals surface area contributed by atoms with E-state index in [0.29, 0.717) is 5.92 Å². The zero-order valence-electron chi connectivity index (χ0n) is 11.0. The maximum Gasteiger partial charge on any atom is 0.0576 e. The van der Waals surface area contributed by atoms with E-state index in [-0.39, 0.29) is 6.04 Å². The molecule has 1 aliphatic rings. The van der Waals surface area contributed by atoms with Crippen LogP contribution in [0.3, 0.4) is 0 Å². The number of hydrogen-bond donors (Lipinski definition) is 1. The van der Waals surface area contributed by atoms with Crippen molar-refractivity contribution in [2.24, 2.45) is 17.6 Å². The molecule has 1 fully saturated rings. The predicted molar refractivity (Wildman–Crippen MR) is 71.6 cm³/mol. The van der Waals surface area contributed by atoms with Gasteiger partial charge in [-0.05, 0) is 42.9 Å². The third kappa shape index (κ3) is 2.86. The lowest BCUT2D eigenvalue weighted by atomic mass is 9.73. The molecule has 1 aromatic rings. The number of aryl methyl sites for hydroxylation is 1. The van der Waals surface area contributed by atoms with E-state index in [1.165, 1.54) is 37.7 Å². The normalized spacial score (nSPS) is 26.8. The number of aromatic nitrogens is 1. The lowest BCUT2D eigenvalue weighted by Crippen LogP contribution is -2.31. The van der Waals surface area contributed by atoms with Crippen molar-refractivity contribution in [3.63, 3.8) is 0 Å². The summed E-state index contributed by atoms with van der Waals surface area (Å²) in [6, 6.07) is 4.31. The predicted octanol–water partition coefficient (Wildman–Crippen LogP) is 3.61. The van der Waals surface area contributed by atoms with E-state index >= 15 is 0 Å². The van der Waals surface area contributed by atoms with Gasteiger partial charge in [0.2, 0.25) is 0 Å². The van der Waals surface area contributed by atoms with Crippen LogP contribution >= 0.6 is 0 Å². The van der Waals surface area contributed by atoms with Crippen LogP contribution in [0.15, 0.2) is 18.3 Å². The molecule has 1 aromatic heterocycles. The lowest BCUT2D eigenvalue weighted by molar-refractivity contribution is 0.194. The first-order chi connectivity index (χ1) is 8.22. The Hall–Kier alpha value is -0.890. The molecular formula is C15H24N2. The molecule has 2 heteroatoms. The molecule has 0 bridgehead atoms. The van der Waals surface area contributed by atoms with E-state index in [4.69, 9.17) is 5.73 Å². The van der Waals surface area contributed by atoms with E-state index in [1.54, 1.807) is 0 Å². The molecule has 0 radical (unpaired) electrons. The quantitative estimate of drug-likeness (QED) is 0.864. The molecule has 0 saturated heterocycles. The summed E-state index contributed by atoms with van der Waals surface area (Å²) in [5.41, 5.74) is 8.78. The van der Waals surface area contributed by atoms with Gasteiger partial charge in [0.25, 0.3) is 0 Å². The van der Waals surface area contributed by atoms with E-state index in [0.717, 1.165) is 11.6 Å². The number of nitrogens with two attached hydrogens (primary N) is 1. The summed E-state index contributed by atoms with van der Waals surface area (Å²) in [6.45, 7) is 4.40. The summed E-state index contributed by atoms with van der Waals surface area (Å²) < 4.78 is 0. The number of nitrogens with zero attached hydrogens (tertiary/aromatic N) is 1. The van der Waals surface area contributed by atoms with Crippen molar-refractivity contribution >= 4 is 0 Å². The molecule has 0 aromatic carbocycles. The van der Waals surface area contributed by atoms with Crippen molar-refractivity contribution in [3.8, 4) is 0 Å². The van der Waals surface area contributed by atoms with Gasteiger partial charge in [-0.15, -0.1) is 0 Å². The molecule has 2 N–H and O–H groups in total. The second kappa shape index (κ2) is 5.63. The minimum absolute atomic E-state index is 0.125. The maximum absolute atomic E-state index is 6.44. The zero-order valence-corrected chi connectivity index (χ0v) is 11.0. The number of rotatable bonds is 3. The highest BCUT2D eigenvalue weighted by Crippen LogP contribution is 2.38. The second-order valence-corrected chi connectivity index (χ2v) is 5.40. The Kier molecular flexibility index (Phi) is 4.16. The fraction of sp³-hybridized carbons (Fsp3) is 0.667. The van der Waals surface area contributed by atoms with Crippen molar-refractivity contribution in [3.05, 3.63) is 29.6 Å². The van der Waals surface area contributed by atoms with Gasteiger partial charge in [-0.1, -0.05) is 32.6 Å². The number of hydrogen-bond acceptors (Lipinski definition) is 2. The standard InChI is InChI=1S/C15H24N2/c1-3-12-6-4-5-7-13(12)15(16)14-10-11(2)8-9-17-14/h8-10,12-13,15H,3-7,16H2,1-2H3. The fourth-order valence-corrected chi connectivity index (χ4v) is 3.18. The summed E-state index contributed by atoms with van der Waals surface area (Å²) in [7, 11) is 0. The van der Waals surface area contributed by atoms with Gasteiger partial charge in [0, 0.05) is 6.20 Å². The maximum atomic E-state index is 6.44. The Morgan fingerprint density at radius 2 is 2.18 bits per heavy atom. The summed E-state index contributed by atoms with van der Waals surface area (Å²) in [4.78, 5) is 4.46. The van der Waals surface area contributed by atoms with Crippen LogP contribution in [-0.4, -0.2) is 4.98 Å². The Bertz CT molecular complexity index is 362. The van der Waals surface area contributed by atoms with Crippen LogP contribution in [0.5, 0.6) is 0 Å². The van der Waals surface area contributed by atoms with Crippen LogP contribution in [0.2, 0.25) is 0 Å². The smallest absolute Gasteiger partial charge is 0.0576 e. The van der Waals surface area contributed by atoms with Gasteiger partial charge < -0.3 is 5.73 Å². The topological polar surface area (TPSA) is 38.9 Å². The molecule has 1 saturated carbocycles. The lowest BCUT2D eigenvalue weighted by Gasteiger charge is -2.34. The molecule has 2 nitrogen and oxygen atoms in total. The van der Waals surface area contributed by atoms with Gasteiger partial charge in [-0.3, -0.25) is 4.98 Å². The van der Waals surface area contributed by atoms with Crippen LogP contribution in [0.4, 0.5) is 0 Å². The minimum Gasteiger partial charge on any atom is -0.322 e. The second-order valence-electron chi connectivity index (χ2n) is 5.40. The van der Waals surface area contributed by atoms with Crippen molar-refractivity contribution in [2.45, 2.75) is 52.0 Å². The highest BCUT2D eigenvalue weighted by Gasteiger charge is 2.30. The Labute approximate surface area is 105 Å². The molecule has 0 spiro atoms. The third-order valence-electron chi connectivity index (χ3n) is 4.23. The average molecular weight is 232 g/mol. The molecule has 0 aliphatic heterocycles. The van der Waals surface area contributed by atoms with Crippen LogP contribution in [-0.2, 0) is 0 Å². The molecule has 17 heavy (non-hydrogen) atoms. The first-order valence-electron chi connectivity index (χ1n) is 6.90. The zero-order chi connectivity index (χ0) is 12.3. The van der Waals surface area contributed by atoms with Crippen LogP contribution in [0.1, 0.15) is 56.3 Å².